The second-order valence-corrected chi connectivity index (χ2v) is 9.25. The minimum Gasteiger partial charge on any atom is -0.279 e. The molecule has 0 bridgehead atoms. The van der Waals surface area contributed by atoms with E-state index >= 15 is 0 Å². The van der Waals surface area contributed by atoms with E-state index in [0.29, 0.717) is 5.69 Å². The summed E-state index contributed by atoms with van der Waals surface area (Å²) in [5, 5.41) is 0. The minimum atomic E-state index is -3.57. The molecule has 0 aromatic heterocycles. The molecule has 3 nitrogen and oxygen atoms in total. The molecule has 0 saturated heterocycles. The van der Waals surface area contributed by atoms with Crippen LogP contribution in [0.1, 0.15) is 38.3 Å². The fraction of sp³-hybridized carbons (Fsp3) is 0.333. The Morgan fingerprint density at radius 2 is 1.70 bits per heavy atom. The summed E-state index contributed by atoms with van der Waals surface area (Å²) in [6, 6.07) is 12.8. The van der Waals surface area contributed by atoms with Gasteiger partial charge >= 0.3 is 0 Å². The number of anilines is 1. The number of rotatable bonds is 5. The van der Waals surface area contributed by atoms with Crippen LogP contribution in [-0.2, 0) is 15.4 Å². The van der Waals surface area contributed by atoms with Gasteiger partial charge in [0.1, 0.15) is 0 Å². The van der Waals surface area contributed by atoms with E-state index in [4.69, 9.17) is 0 Å². The van der Waals surface area contributed by atoms with Gasteiger partial charge in [0.05, 0.1) is 10.6 Å². The highest BCUT2D eigenvalue weighted by molar-refractivity contribution is 14.1. The van der Waals surface area contributed by atoms with Crippen LogP contribution < -0.4 is 4.72 Å². The van der Waals surface area contributed by atoms with Gasteiger partial charge < -0.3 is 0 Å². The average Bonchev–Trinajstić information content (AvgIpc) is 2.50. The third-order valence-corrected chi connectivity index (χ3v) is 6.32. The number of benzene rings is 2. The average molecular weight is 443 g/mol. The molecule has 0 heterocycles. The lowest BCUT2D eigenvalue weighted by atomic mass is 9.82. The van der Waals surface area contributed by atoms with E-state index < -0.39 is 10.0 Å². The SMILES string of the molecule is CCC(C)(C)c1ccc(S(=O)(=O)Nc2ccc(I)cc2C)cc1. The van der Waals surface area contributed by atoms with E-state index in [2.05, 4.69) is 48.1 Å². The normalized spacial score (nSPS) is 12.2. The molecule has 0 radical (unpaired) electrons. The van der Waals surface area contributed by atoms with Crippen LogP contribution in [0.2, 0.25) is 0 Å². The summed E-state index contributed by atoms with van der Waals surface area (Å²) in [5.41, 5.74) is 2.71. The zero-order valence-electron chi connectivity index (χ0n) is 13.9. The van der Waals surface area contributed by atoms with Crippen molar-refractivity contribution in [1.82, 2.24) is 0 Å². The van der Waals surface area contributed by atoms with Crippen molar-refractivity contribution in [1.29, 1.82) is 0 Å². The maximum Gasteiger partial charge on any atom is 0.261 e. The Hall–Kier alpha value is -1.08. The number of nitrogens with one attached hydrogen (secondary N) is 1. The van der Waals surface area contributed by atoms with Crippen LogP contribution in [0, 0.1) is 10.5 Å². The lowest BCUT2D eigenvalue weighted by Gasteiger charge is -2.23. The summed E-state index contributed by atoms with van der Waals surface area (Å²) in [5.74, 6) is 0. The second-order valence-electron chi connectivity index (χ2n) is 6.33. The van der Waals surface area contributed by atoms with Crippen LogP contribution in [0.3, 0.4) is 0 Å². The van der Waals surface area contributed by atoms with Crippen LogP contribution in [-0.4, -0.2) is 8.42 Å². The zero-order chi connectivity index (χ0) is 17.3. The highest BCUT2D eigenvalue weighted by atomic mass is 127. The minimum absolute atomic E-state index is 0.0441. The van der Waals surface area contributed by atoms with Gasteiger partial charge in [-0.15, -0.1) is 0 Å². The fourth-order valence-corrected chi connectivity index (χ4v) is 4.01. The van der Waals surface area contributed by atoms with E-state index in [1.54, 1.807) is 18.2 Å². The van der Waals surface area contributed by atoms with Gasteiger partial charge in [-0.2, -0.15) is 0 Å². The molecule has 0 aliphatic rings. The maximum atomic E-state index is 12.6. The number of hydrogen-bond donors (Lipinski definition) is 1. The summed E-state index contributed by atoms with van der Waals surface area (Å²) in [6.45, 7) is 8.34. The summed E-state index contributed by atoms with van der Waals surface area (Å²) in [4.78, 5) is 0.283. The van der Waals surface area contributed by atoms with Crippen LogP contribution in [0.25, 0.3) is 0 Å². The van der Waals surface area contributed by atoms with Gasteiger partial charge in [0.15, 0.2) is 0 Å². The molecule has 2 aromatic carbocycles. The van der Waals surface area contributed by atoms with Crippen molar-refractivity contribution in [3.8, 4) is 0 Å². The molecule has 0 atom stereocenters. The van der Waals surface area contributed by atoms with Gasteiger partial charge in [-0.3, -0.25) is 4.72 Å². The summed E-state index contributed by atoms with van der Waals surface area (Å²) in [6.07, 6.45) is 0.999. The Kier molecular flexibility index (Phi) is 5.41. The predicted molar refractivity (Wildman–Crippen MR) is 104 cm³/mol. The van der Waals surface area contributed by atoms with Crippen molar-refractivity contribution in [3.63, 3.8) is 0 Å². The Bertz CT molecular complexity index is 796. The van der Waals surface area contributed by atoms with Crippen molar-refractivity contribution >= 4 is 38.3 Å². The number of aryl methyl sites for hydroxylation is 1. The molecule has 1 N–H and O–H groups in total. The molecule has 0 unspecified atom stereocenters. The highest BCUT2D eigenvalue weighted by Crippen LogP contribution is 2.28. The van der Waals surface area contributed by atoms with E-state index in [0.717, 1.165) is 21.1 Å². The number of halogens is 1. The highest BCUT2D eigenvalue weighted by Gasteiger charge is 2.20. The molecule has 0 saturated carbocycles. The summed E-state index contributed by atoms with van der Waals surface area (Å²) >= 11 is 2.21. The fourth-order valence-electron chi connectivity index (χ4n) is 2.23. The Morgan fingerprint density at radius 1 is 1.09 bits per heavy atom. The lowest BCUT2D eigenvalue weighted by Crippen LogP contribution is -2.17. The van der Waals surface area contributed by atoms with Gasteiger partial charge in [-0.25, -0.2) is 8.42 Å². The van der Waals surface area contributed by atoms with Gasteiger partial charge in [0, 0.05) is 3.57 Å². The third-order valence-electron chi connectivity index (χ3n) is 4.26. The Labute approximate surface area is 152 Å². The summed E-state index contributed by atoms with van der Waals surface area (Å²) < 4.78 is 28.9. The third kappa shape index (κ3) is 4.26. The first-order valence-electron chi connectivity index (χ1n) is 7.55. The van der Waals surface area contributed by atoms with E-state index in [1.807, 2.05) is 31.2 Å². The van der Waals surface area contributed by atoms with Crippen molar-refractivity contribution in [3.05, 3.63) is 57.2 Å². The van der Waals surface area contributed by atoms with E-state index in [1.165, 1.54) is 0 Å². The van der Waals surface area contributed by atoms with E-state index in [9.17, 15) is 8.42 Å². The van der Waals surface area contributed by atoms with Crippen molar-refractivity contribution in [2.75, 3.05) is 4.72 Å². The Balaban J connectivity index is 2.29. The molecule has 124 valence electrons. The number of sulfonamides is 1. The molecular weight excluding hydrogens is 421 g/mol. The van der Waals surface area contributed by atoms with Gasteiger partial charge in [-0.05, 0) is 82.8 Å². The van der Waals surface area contributed by atoms with Crippen LogP contribution in [0.15, 0.2) is 47.4 Å². The van der Waals surface area contributed by atoms with Crippen LogP contribution >= 0.6 is 22.6 Å². The zero-order valence-corrected chi connectivity index (χ0v) is 16.8. The standard InChI is InChI=1S/C18H22INO2S/c1-5-18(3,4)14-6-9-16(10-7-14)23(21,22)20-17-11-8-15(19)12-13(17)2/h6-12,20H,5H2,1-4H3. The molecule has 0 fully saturated rings. The smallest absolute Gasteiger partial charge is 0.261 e. The number of hydrogen-bond acceptors (Lipinski definition) is 2. The first kappa shape index (κ1) is 18.3. The van der Waals surface area contributed by atoms with Crippen molar-refractivity contribution in [2.24, 2.45) is 0 Å². The molecule has 0 spiro atoms. The van der Waals surface area contributed by atoms with Crippen molar-refractivity contribution < 1.29 is 8.42 Å². The van der Waals surface area contributed by atoms with Gasteiger partial charge in [0.25, 0.3) is 10.0 Å². The van der Waals surface area contributed by atoms with E-state index in [-0.39, 0.29) is 10.3 Å². The van der Waals surface area contributed by atoms with Crippen LogP contribution in [0.5, 0.6) is 0 Å². The van der Waals surface area contributed by atoms with Gasteiger partial charge in [-0.1, -0.05) is 32.9 Å². The van der Waals surface area contributed by atoms with Crippen LogP contribution in [0.4, 0.5) is 5.69 Å². The maximum absolute atomic E-state index is 12.6. The first-order chi connectivity index (χ1) is 10.7. The van der Waals surface area contributed by atoms with Crippen molar-refractivity contribution in [2.45, 2.75) is 44.4 Å². The molecular formula is C18H22INO2S. The molecule has 0 aliphatic carbocycles. The first-order valence-corrected chi connectivity index (χ1v) is 10.1. The summed E-state index contributed by atoms with van der Waals surface area (Å²) in [7, 11) is -3.57. The predicted octanol–water partition coefficient (Wildman–Crippen LogP) is 5.09. The molecule has 5 heteroatoms. The molecule has 23 heavy (non-hydrogen) atoms. The largest absolute Gasteiger partial charge is 0.279 e. The molecule has 2 aromatic rings. The Morgan fingerprint density at radius 3 is 2.22 bits per heavy atom. The molecule has 0 aliphatic heterocycles. The van der Waals surface area contributed by atoms with Gasteiger partial charge in [0.2, 0.25) is 0 Å². The quantitative estimate of drug-likeness (QED) is 0.655. The monoisotopic (exact) mass is 443 g/mol. The topological polar surface area (TPSA) is 46.2 Å². The molecule has 0 amide bonds. The molecule has 2 rings (SSSR count). The lowest BCUT2D eigenvalue weighted by molar-refractivity contribution is 0.506. The second kappa shape index (κ2) is 6.81.